The minimum absolute atomic E-state index is 0.0725. The van der Waals surface area contributed by atoms with Crippen LogP contribution in [0.2, 0.25) is 0 Å². The number of benzene rings is 1. The van der Waals surface area contributed by atoms with Gasteiger partial charge in [-0.25, -0.2) is 4.98 Å². The highest BCUT2D eigenvalue weighted by Gasteiger charge is 2.29. The number of hydrogen-bond donors (Lipinski definition) is 1. The second-order valence-electron chi connectivity index (χ2n) is 5.46. The smallest absolute Gasteiger partial charge is 0.127 e. The predicted molar refractivity (Wildman–Crippen MR) is 74.6 cm³/mol. The summed E-state index contributed by atoms with van der Waals surface area (Å²) < 4.78 is 2.38. The topological polar surface area (TPSA) is 43.8 Å². The number of aromatic nitrogens is 2. The monoisotopic (exact) mass is 243 g/mol. The van der Waals surface area contributed by atoms with Gasteiger partial charge in [-0.2, -0.15) is 0 Å². The summed E-state index contributed by atoms with van der Waals surface area (Å²) in [5.41, 5.74) is 9.91. The predicted octanol–water partition coefficient (Wildman–Crippen LogP) is 3.48. The fourth-order valence-electron chi connectivity index (χ4n) is 2.65. The Morgan fingerprint density at radius 1 is 1.44 bits per heavy atom. The lowest BCUT2D eigenvalue weighted by atomic mass is 10.1. The Kier molecular flexibility index (Phi) is 2.86. The van der Waals surface area contributed by atoms with Gasteiger partial charge >= 0.3 is 0 Å². The van der Waals surface area contributed by atoms with Gasteiger partial charge < -0.3 is 10.3 Å². The molecule has 3 nitrogen and oxygen atoms in total. The Balaban J connectivity index is 2.14. The molecule has 2 N–H and O–H groups in total. The summed E-state index contributed by atoms with van der Waals surface area (Å²) in [6.07, 6.45) is 4.65. The van der Waals surface area contributed by atoms with E-state index >= 15 is 0 Å². The largest absolute Gasteiger partial charge is 0.324 e. The summed E-state index contributed by atoms with van der Waals surface area (Å²) in [6, 6.07) is 7.23. The van der Waals surface area contributed by atoms with Gasteiger partial charge in [0.25, 0.3) is 0 Å². The first-order valence-electron chi connectivity index (χ1n) is 6.94. The van der Waals surface area contributed by atoms with Crippen LogP contribution in [0.5, 0.6) is 0 Å². The highest BCUT2D eigenvalue weighted by atomic mass is 15.1. The van der Waals surface area contributed by atoms with Crippen molar-refractivity contribution < 1.29 is 0 Å². The lowest BCUT2D eigenvalue weighted by molar-refractivity contribution is 0.561. The van der Waals surface area contributed by atoms with Crippen molar-refractivity contribution in [3.05, 3.63) is 29.6 Å². The van der Waals surface area contributed by atoms with Gasteiger partial charge in [0.05, 0.1) is 17.1 Å². The Labute approximate surface area is 108 Å². The third-order valence-corrected chi connectivity index (χ3v) is 3.72. The number of imidazole rings is 1. The van der Waals surface area contributed by atoms with Crippen molar-refractivity contribution in [1.29, 1.82) is 0 Å². The van der Waals surface area contributed by atoms with Gasteiger partial charge in [-0.05, 0) is 43.9 Å². The molecule has 0 radical (unpaired) electrons. The second kappa shape index (κ2) is 4.39. The van der Waals surface area contributed by atoms with Crippen LogP contribution in [0.3, 0.4) is 0 Å². The zero-order chi connectivity index (χ0) is 12.7. The maximum absolute atomic E-state index is 6.29. The van der Waals surface area contributed by atoms with Crippen LogP contribution in [0.15, 0.2) is 18.2 Å². The number of nitrogens with two attached hydrogens (primary N) is 1. The zero-order valence-corrected chi connectivity index (χ0v) is 11.2. The molecule has 1 fully saturated rings. The Bertz CT molecular complexity index is 566. The average molecular weight is 243 g/mol. The number of nitrogens with zero attached hydrogens (tertiary/aromatic N) is 2. The molecular weight excluding hydrogens is 222 g/mol. The molecule has 1 unspecified atom stereocenters. The van der Waals surface area contributed by atoms with Crippen molar-refractivity contribution >= 4 is 11.0 Å². The molecule has 3 heteroatoms. The van der Waals surface area contributed by atoms with Gasteiger partial charge in [-0.1, -0.05) is 19.4 Å². The van der Waals surface area contributed by atoms with E-state index in [4.69, 9.17) is 10.7 Å². The van der Waals surface area contributed by atoms with E-state index in [2.05, 4.69) is 36.6 Å². The minimum atomic E-state index is 0.0725. The molecular formula is C15H21N3. The van der Waals surface area contributed by atoms with E-state index in [0.29, 0.717) is 6.04 Å². The molecule has 0 amide bonds. The Morgan fingerprint density at radius 3 is 2.89 bits per heavy atom. The Hall–Kier alpha value is -1.35. The van der Waals surface area contributed by atoms with Crippen LogP contribution in [0.25, 0.3) is 11.0 Å². The van der Waals surface area contributed by atoms with Crippen molar-refractivity contribution in [2.75, 3.05) is 0 Å². The fourth-order valence-corrected chi connectivity index (χ4v) is 2.65. The summed E-state index contributed by atoms with van der Waals surface area (Å²) in [5.74, 6) is 1.08. The van der Waals surface area contributed by atoms with Crippen molar-refractivity contribution in [2.45, 2.75) is 51.6 Å². The van der Waals surface area contributed by atoms with Gasteiger partial charge in [-0.3, -0.25) is 0 Å². The molecule has 2 aromatic rings. The first-order valence-corrected chi connectivity index (χ1v) is 6.94. The van der Waals surface area contributed by atoms with Crippen molar-refractivity contribution in [1.82, 2.24) is 9.55 Å². The van der Waals surface area contributed by atoms with Gasteiger partial charge in [0.1, 0.15) is 5.82 Å². The van der Waals surface area contributed by atoms with E-state index in [1.54, 1.807) is 0 Å². The number of rotatable bonds is 4. The van der Waals surface area contributed by atoms with Crippen LogP contribution >= 0.6 is 0 Å². The molecule has 0 saturated heterocycles. The highest BCUT2D eigenvalue weighted by molar-refractivity contribution is 5.77. The summed E-state index contributed by atoms with van der Waals surface area (Å²) >= 11 is 0. The lowest BCUT2D eigenvalue weighted by Gasteiger charge is -2.13. The van der Waals surface area contributed by atoms with Crippen LogP contribution in [-0.2, 0) is 0 Å². The van der Waals surface area contributed by atoms with Crippen molar-refractivity contribution in [2.24, 2.45) is 5.73 Å². The quantitative estimate of drug-likeness (QED) is 0.893. The average Bonchev–Trinajstić information content (AvgIpc) is 3.10. The first-order chi connectivity index (χ1) is 8.70. The zero-order valence-electron chi connectivity index (χ0n) is 11.2. The summed E-state index contributed by atoms with van der Waals surface area (Å²) in [5, 5.41) is 0. The molecule has 1 saturated carbocycles. The molecule has 96 valence electrons. The van der Waals surface area contributed by atoms with Gasteiger partial charge in [-0.15, -0.1) is 0 Å². The van der Waals surface area contributed by atoms with Crippen LogP contribution < -0.4 is 5.73 Å². The van der Waals surface area contributed by atoms with E-state index in [-0.39, 0.29) is 6.04 Å². The van der Waals surface area contributed by atoms with E-state index < -0.39 is 0 Å². The number of hydrogen-bond acceptors (Lipinski definition) is 2. The standard InChI is InChI=1S/C15H21N3/c1-3-4-12(16)15-17-13-9-10(2)5-8-14(13)18(15)11-6-7-11/h5,8-9,11-12H,3-4,6-7,16H2,1-2H3. The molecule has 1 aromatic heterocycles. The molecule has 0 bridgehead atoms. The molecule has 0 spiro atoms. The summed E-state index contributed by atoms with van der Waals surface area (Å²) in [6.45, 7) is 4.29. The molecule has 1 aliphatic rings. The fraction of sp³-hybridized carbons (Fsp3) is 0.533. The van der Waals surface area contributed by atoms with Gasteiger partial charge in [0.15, 0.2) is 0 Å². The molecule has 0 aliphatic heterocycles. The van der Waals surface area contributed by atoms with Gasteiger partial charge in [0.2, 0.25) is 0 Å². The first kappa shape index (κ1) is 11.7. The van der Waals surface area contributed by atoms with Gasteiger partial charge in [0, 0.05) is 6.04 Å². The van der Waals surface area contributed by atoms with E-state index in [1.807, 2.05) is 0 Å². The maximum Gasteiger partial charge on any atom is 0.127 e. The molecule has 18 heavy (non-hydrogen) atoms. The summed E-state index contributed by atoms with van der Waals surface area (Å²) in [4.78, 5) is 4.79. The van der Waals surface area contributed by atoms with E-state index in [9.17, 15) is 0 Å². The number of aryl methyl sites for hydroxylation is 1. The molecule has 1 atom stereocenters. The normalized spacial score (nSPS) is 17.3. The third-order valence-electron chi connectivity index (χ3n) is 3.72. The second-order valence-corrected chi connectivity index (χ2v) is 5.46. The number of fused-ring (bicyclic) bond motifs is 1. The van der Waals surface area contributed by atoms with Crippen molar-refractivity contribution in [3.63, 3.8) is 0 Å². The molecule has 1 aromatic carbocycles. The SMILES string of the molecule is CCCC(N)c1nc2cc(C)ccc2n1C1CC1. The highest BCUT2D eigenvalue weighted by Crippen LogP contribution is 2.40. The third kappa shape index (κ3) is 1.93. The lowest BCUT2D eigenvalue weighted by Crippen LogP contribution is -2.16. The van der Waals surface area contributed by atoms with E-state index in [0.717, 1.165) is 24.2 Å². The van der Waals surface area contributed by atoms with Crippen LogP contribution in [0, 0.1) is 6.92 Å². The van der Waals surface area contributed by atoms with E-state index in [1.165, 1.54) is 23.9 Å². The van der Waals surface area contributed by atoms with Crippen molar-refractivity contribution in [3.8, 4) is 0 Å². The Morgan fingerprint density at radius 2 is 2.22 bits per heavy atom. The van der Waals surface area contributed by atoms with Crippen LogP contribution in [-0.4, -0.2) is 9.55 Å². The van der Waals surface area contributed by atoms with Crippen LogP contribution in [0.4, 0.5) is 0 Å². The molecule has 1 aliphatic carbocycles. The van der Waals surface area contributed by atoms with Crippen LogP contribution in [0.1, 0.15) is 56.1 Å². The minimum Gasteiger partial charge on any atom is -0.324 e. The molecule has 1 heterocycles. The summed E-state index contributed by atoms with van der Waals surface area (Å²) in [7, 11) is 0. The molecule has 3 rings (SSSR count). The maximum atomic E-state index is 6.29.